The van der Waals surface area contributed by atoms with Gasteiger partial charge in [0.2, 0.25) is 5.91 Å². The third-order valence-electron chi connectivity index (χ3n) is 3.68. The second-order valence-electron chi connectivity index (χ2n) is 5.84. The van der Waals surface area contributed by atoms with Crippen LogP contribution in [0.1, 0.15) is 30.1 Å². The van der Waals surface area contributed by atoms with Gasteiger partial charge >= 0.3 is 0 Å². The number of anilines is 2. The zero-order valence-electron chi connectivity index (χ0n) is 14.7. The first kappa shape index (κ1) is 21.4. The van der Waals surface area contributed by atoms with Crippen LogP contribution < -0.4 is 16.0 Å². The summed E-state index contributed by atoms with van der Waals surface area (Å²) in [6.45, 7) is 2.70. The molecule has 0 aliphatic heterocycles. The SMILES string of the molecule is CCCCNC(=O)c1cccc(NCC(=O)Nc2cc(Cl)c(Cl)cc2Cl)c1. The lowest BCUT2D eigenvalue weighted by molar-refractivity contribution is -0.114. The minimum atomic E-state index is -0.312. The van der Waals surface area contributed by atoms with Gasteiger partial charge in [-0.25, -0.2) is 0 Å². The van der Waals surface area contributed by atoms with Gasteiger partial charge in [0.25, 0.3) is 5.91 Å². The summed E-state index contributed by atoms with van der Waals surface area (Å²) >= 11 is 17.9. The predicted octanol–water partition coefficient (Wildman–Crippen LogP) is 5.23. The van der Waals surface area contributed by atoms with E-state index in [0.717, 1.165) is 12.8 Å². The maximum Gasteiger partial charge on any atom is 0.251 e. The lowest BCUT2D eigenvalue weighted by Crippen LogP contribution is -2.25. The zero-order chi connectivity index (χ0) is 19.8. The summed E-state index contributed by atoms with van der Waals surface area (Å²) in [7, 11) is 0. The lowest BCUT2D eigenvalue weighted by Gasteiger charge is -2.11. The van der Waals surface area contributed by atoms with Crippen molar-refractivity contribution in [1.82, 2.24) is 5.32 Å². The summed E-state index contributed by atoms with van der Waals surface area (Å²) in [6, 6.07) is 9.91. The van der Waals surface area contributed by atoms with Gasteiger partial charge in [0.05, 0.1) is 27.3 Å². The highest BCUT2D eigenvalue weighted by Crippen LogP contribution is 2.32. The second kappa shape index (κ2) is 10.4. The van der Waals surface area contributed by atoms with E-state index in [1.54, 1.807) is 24.3 Å². The van der Waals surface area contributed by atoms with E-state index in [4.69, 9.17) is 34.8 Å². The summed E-state index contributed by atoms with van der Waals surface area (Å²) in [5, 5.41) is 9.40. The van der Waals surface area contributed by atoms with Crippen LogP contribution in [0, 0.1) is 0 Å². The summed E-state index contributed by atoms with van der Waals surface area (Å²) < 4.78 is 0. The van der Waals surface area contributed by atoms with Crippen LogP contribution in [0.5, 0.6) is 0 Å². The maximum atomic E-state index is 12.1. The van der Waals surface area contributed by atoms with Gasteiger partial charge in [-0.2, -0.15) is 0 Å². The Morgan fingerprint density at radius 3 is 2.48 bits per heavy atom. The number of hydrogen-bond donors (Lipinski definition) is 3. The van der Waals surface area contributed by atoms with E-state index in [0.29, 0.717) is 38.6 Å². The Morgan fingerprint density at radius 2 is 1.74 bits per heavy atom. The molecule has 0 atom stereocenters. The highest BCUT2D eigenvalue weighted by Gasteiger charge is 2.10. The van der Waals surface area contributed by atoms with Crippen LogP contribution in [0.15, 0.2) is 36.4 Å². The van der Waals surface area contributed by atoms with Crippen molar-refractivity contribution < 1.29 is 9.59 Å². The van der Waals surface area contributed by atoms with Crippen molar-refractivity contribution in [1.29, 1.82) is 0 Å². The van der Waals surface area contributed by atoms with Gasteiger partial charge < -0.3 is 16.0 Å². The summed E-state index contributed by atoms with van der Waals surface area (Å²) in [5.74, 6) is -0.452. The monoisotopic (exact) mass is 427 g/mol. The zero-order valence-corrected chi connectivity index (χ0v) is 17.0. The van der Waals surface area contributed by atoms with Crippen molar-refractivity contribution in [2.24, 2.45) is 0 Å². The van der Waals surface area contributed by atoms with E-state index in [9.17, 15) is 9.59 Å². The average Bonchev–Trinajstić information content (AvgIpc) is 2.65. The number of unbranched alkanes of at least 4 members (excludes halogenated alkanes) is 1. The van der Waals surface area contributed by atoms with Crippen molar-refractivity contribution >= 4 is 58.0 Å². The van der Waals surface area contributed by atoms with Gasteiger partial charge in [0.15, 0.2) is 0 Å². The Morgan fingerprint density at radius 1 is 1.00 bits per heavy atom. The number of halogens is 3. The molecule has 144 valence electrons. The van der Waals surface area contributed by atoms with Gasteiger partial charge in [-0.05, 0) is 36.8 Å². The van der Waals surface area contributed by atoms with Crippen LogP contribution in [-0.4, -0.2) is 24.9 Å². The van der Waals surface area contributed by atoms with E-state index in [1.807, 2.05) is 0 Å². The third-order valence-corrected chi connectivity index (χ3v) is 4.71. The lowest BCUT2D eigenvalue weighted by atomic mass is 10.2. The molecule has 2 amide bonds. The first-order chi connectivity index (χ1) is 12.9. The molecule has 0 radical (unpaired) electrons. The molecule has 0 aromatic heterocycles. The molecule has 8 heteroatoms. The predicted molar refractivity (Wildman–Crippen MR) is 112 cm³/mol. The van der Waals surface area contributed by atoms with Crippen molar-refractivity contribution in [2.75, 3.05) is 23.7 Å². The van der Waals surface area contributed by atoms with Crippen LogP contribution in [0.3, 0.4) is 0 Å². The minimum absolute atomic E-state index is 0.00250. The van der Waals surface area contributed by atoms with Crippen molar-refractivity contribution in [3.05, 3.63) is 57.0 Å². The average molecular weight is 429 g/mol. The minimum Gasteiger partial charge on any atom is -0.376 e. The standard InChI is InChI=1S/C19H20Cl3N3O2/c1-2-3-7-23-19(27)12-5-4-6-13(8-12)24-11-18(26)25-17-10-15(21)14(20)9-16(17)22/h4-6,8-10,24H,2-3,7,11H2,1H3,(H,23,27)(H,25,26). The van der Waals surface area contributed by atoms with Crippen molar-refractivity contribution in [2.45, 2.75) is 19.8 Å². The molecular formula is C19H20Cl3N3O2. The maximum absolute atomic E-state index is 12.1. The molecule has 0 heterocycles. The molecule has 0 bridgehead atoms. The Hall–Kier alpha value is -1.95. The first-order valence-electron chi connectivity index (χ1n) is 8.47. The number of hydrogen-bond acceptors (Lipinski definition) is 3. The van der Waals surface area contributed by atoms with E-state index in [-0.39, 0.29) is 18.4 Å². The van der Waals surface area contributed by atoms with Crippen LogP contribution >= 0.6 is 34.8 Å². The summed E-state index contributed by atoms with van der Waals surface area (Å²) in [5.41, 5.74) is 1.57. The Labute approximate surface area is 173 Å². The largest absolute Gasteiger partial charge is 0.376 e. The van der Waals surface area contributed by atoms with Gasteiger partial charge in [-0.3, -0.25) is 9.59 Å². The van der Waals surface area contributed by atoms with Gasteiger partial charge in [-0.15, -0.1) is 0 Å². The van der Waals surface area contributed by atoms with Gasteiger partial charge in [0.1, 0.15) is 0 Å². The number of benzene rings is 2. The summed E-state index contributed by atoms with van der Waals surface area (Å²) in [6.07, 6.45) is 1.95. The molecule has 0 saturated carbocycles. The van der Waals surface area contributed by atoms with Crippen LogP contribution in [0.25, 0.3) is 0 Å². The molecule has 27 heavy (non-hydrogen) atoms. The third kappa shape index (κ3) is 6.61. The van der Waals surface area contributed by atoms with Crippen LogP contribution in [-0.2, 0) is 4.79 Å². The second-order valence-corrected chi connectivity index (χ2v) is 7.06. The van der Waals surface area contributed by atoms with Crippen molar-refractivity contribution in [3.8, 4) is 0 Å². The molecule has 0 unspecified atom stereocenters. The quantitative estimate of drug-likeness (QED) is 0.398. The van der Waals surface area contributed by atoms with E-state index < -0.39 is 0 Å². The molecule has 0 saturated heterocycles. The van der Waals surface area contributed by atoms with Gasteiger partial charge in [0, 0.05) is 17.8 Å². The number of carbonyl (C=O) groups is 2. The molecule has 2 aromatic rings. The smallest absolute Gasteiger partial charge is 0.251 e. The molecule has 0 spiro atoms. The van der Waals surface area contributed by atoms with Crippen molar-refractivity contribution in [3.63, 3.8) is 0 Å². The fourth-order valence-corrected chi connectivity index (χ4v) is 2.84. The molecule has 0 fully saturated rings. The van der Waals surface area contributed by atoms with Crippen LogP contribution in [0.4, 0.5) is 11.4 Å². The number of rotatable bonds is 8. The molecule has 5 nitrogen and oxygen atoms in total. The first-order valence-corrected chi connectivity index (χ1v) is 9.60. The molecule has 3 N–H and O–H groups in total. The van der Waals surface area contributed by atoms with Gasteiger partial charge in [-0.1, -0.05) is 54.2 Å². The summed E-state index contributed by atoms with van der Waals surface area (Å²) in [4.78, 5) is 24.2. The fourth-order valence-electron chi connectivity index (χ4n) is 2.25. The highest BCUT2D eigenvalue weighted by atomic mass is 35.5. The molecule has 0 aliphatic carbocycles. The number of nitrogens with one attached hydrogen (secondary N) is 3. The fraction of sp³-hybridized carbons (Fsp3) is 0.263. The Kier molecular flexibility index (Phi) is 8.23. The van der Waals surface area contributed by atoms with E-state index >= 15 is 0 Å². The normalized spacial score (nSPS) is 10.4. The highest BCUT2D eigenvalue weighted by molar-refractivity contribution is 6.44. The molecule has 0 aliphatic rings. The van der Waals surface area contributed by atoms with Crippen LogP contribution in [0.2, 0.25) is 15.1 Å². The Balaban J connectivity index is 1.92. The van der Waals surface area contributed by atoms with E-state index in [2.05, 4.69) is 22.9 Å². The molecule has 2 rings (SSSR count). The topological polar surface area (TPSA) is 70.2 Å². The molecule has 2 aromatic carbocycles. The van der Waals surface area contributed by atoms with E-state index in [1.165, 1.54) is 12.1 Å². The molecular weight excluding hydrogens is 409 g/mol. The number of amides is 2. The Bertz CT molecular complexity index is 828. The number of carbonyl (C=O) groups excluding carboxylic acids is 2.